The van der Waals surface area contributed by atoms with Crippen LogP contribution in [0.5, 0.6) is 11.6 Å². The van der Waals surface area contributed by atoms with Crippen molar-refractivity contribution in [3.8, 4) is 11.6 Å². The number of benzene rings is 1. The Balaban J connectivity index is 2.08. The van der Waals surface area contributed by atoms with E-state index in [4.69, 9.17) is 5.73 Å². The summed E-state index contributed by atoms with van der Waals surface area (Å²) in [6, 6.07) is 8.03. The van der Waals surface area contributed by atoms with Crippen LogP contribution in [0.15, 0.2) is 47.6 Å². The molecule has 0 fully saturated rings. The average Bonchev–Trinajstić information content (AvgIpc) is 2.58. The molecule has 0 aliphatic heterocycles. The molecular weight excluding hydrogens is 394 g/mol. The molecule has 0 aliphatic carbocycles. The van der Waals surface area contributed by atoms with Crippen LogP contribution < -0.4 is 20.5 Å². The van der Waals surface area contributed by atoms with Gasteiger partial charge in [0.05, 0.1) is 12.2 Å². The standard InChI is InChI=1S/C16H14F6N4O2/c17-15(18,19)9-27-13-10(4-3-7-24-13)8-25-14(23)26-11-5-1-2-6-12(11)28-16(20,21)22/h1-7H,8-9H2,(H3,23,25,26). The Morgan fingerprint density at radius 1 is 1.07 bits per heavy atom. The van der Waals surface area contributed by atoms with E-state index >= 15 is 0 Å². The lowest BCUT2D eigenvalue weighted by Crippen LogP contribution is -2.24. The Bertz CT molecular complexity index is 823. The molecule has 2 aromatic rings. The lowest BCUT2D eigenvalue weighted by atomic mass is 10.3. The van der Waals surface area contributed by atoms with Gasteiger partial charge in [-0.1, -0.05) is 18.2 Å². The molecule has 0 atom stereocenters. The van der Waals surface area contributed by atoms with Crippen molar-refractivity contribution < 1.29 is 35.8 Å². The van der Waals surface area contributed by atoms with E-state index in [0.29, 0.717) is 0 Å². The monoisotopic (exact) mass is 408 g/mol. The Labute approximate surface area is 155 Å². The number of para-hydroxylation sites is 2. The van der Waals surface area contributed by atoms with E-state index in [0.717, 1.165) is 6.07 Å². The predicted octanol–water partition coefficient (Wildman–Crippen LogP) is 3.85. The van der Waals surface area contributed by atoms with Crippen LogP contribution in [0.3, 0.4) is 0 Å². The van der Waals surface area contributed by atoms with Gasteiger partial charge in [0.15, 0.2) is 18.3 Å². The van der Waals surface area contributed by atoms with E-state index in [1.165, 1.54) is 36.5 Å². The van der Waals surface area contributed by atoms with Crippen LogP contribution in [0.1, 0.15) is 5.56 Å². The number of aromatic nitrogens is 1. The summed E-state index contributed by atoms with van der Waals surface area (Å²) in [5.41, 5.74) is 5.75. The minimum absolute atomic E-state index is 0.0965. The van der Waals surface area contributed by atoms with Crippen LogP contribution in [0.4, 0.5) is 32.0 Å². The molecule has 12 heteroatoms. The SMILES string of the molecule is NC(=NCc1cccnc1OCC(F)(F)F)Nc1ccccc1OC(F)(F)F. The summed E-state index contributed by atoms with van der Waals surface area (Å²) in [5.74, 6) is -1.09. The first-order valence-corrected chi connectivity index (χ1v) is 7.59. The summed E-state index contributed by atoms with van der Waals surface area (Å²) in [7, 11) is 0. The lowest BCUT2D eigenvalue weighted by Gasteiger charge is -2.14. The second kappa shape index (κ2) is 8.67. The number of guanidine groups is 1. The molecule has 0 aliphatic rings. The van der Waals surface area contributed by atoms with Crippen LogP contribution in [-0.2, 0) is 6.54 Å². The van der Waals surface area contributed by atoms with Crippen molar-refractivity contribution in [3.63, 3.8) is 0 Å². The summed E-state index contributed by atoms with van der Waals surface area (Å²) in [4.78, 5) is 7.58. The number of anilines is 1. The van der Waals surface area contributed by atoms with Crippen LogP contribution in [0.25, 0.3) is 0 Å². The molecule has 28 heavy (non-hydrogen) atoms. The molecule has 0 radical (unpaired) electrons. The normalized spacial score (nSPS) is 12.6. The summed E-state index contributed by atoms with van der Waals surface area (Å²) in [6.45, 7) is -1.75. The summed E-state index contributed by atoms with van der Waals surface area (Å²) < 4.78 is 82.6. The number of hydrogen-bond donors (Lipinski definition) is 2. The summed E-state index contributed by atoms with van der Waals surface area (Å²) in [5, 5.41) is 2.44. The van der Waals surface area contributed by atoms with Crippen molar-refractivity contribution in [2.24, 2.45) is 10.7 Å². The minimum atomic E-state index is -4.90. The van der Waals surface area contributed by atoms with Gasteiger partial charge in [0.2, 0.25) is 5.88 Å². The molecule has 1 heterocycles. The van der Waals surface area contributed by atoms with Crippen LogP contribution >= 0.6 is 0 Å². The number of halogens is 6. The van der Waals surface area contributed by atoms with Gasteiger partial charge in [0, 0.05) is 11.8 Å². The minimum Gasteiger partial charge on any atom is -0.468 e. The third kappa shape index (κ3) is 7.21. The molecule has 6 nitrogen and oxygen atoms in total. The molecule has 152 valence electrons. The highest BCUT2D eigenvalue weighted by Gasteiger charge is 2.32. The van der Waals surface area contributed by atoms with E-state index in [1.807, 2.05) is 0 Å². The average molecular weight is 408 g/mol. The fourth-order valence-electron chi connectivity index (χ4n) is 1.96. The molecule has 1 aromatic carbocycles. The van der Waals surface area contributed by atoms with Crippen LogP contribution in [-0.4, -0.2) is 30.1 Å². The van der Waals surface area contributed by atoms with Crippen LogP contribution in [0, 0.1) is 0 Å². The molecule has 0 unspecified atom stereocenters. The van der Waals surface area contributed by atoms with Crippen molar-refractivity contribution in [1.29, 1.82) is 0 Å². The zero-order valence-electron chi connectivity index (χ0n) is 14.0. The highest BCUT2D eigenvalue weighted by molar-refractivity contribution is 5.93. The topological polar surface area (TPSA) is 81.8 Å². The smallest absolute Gasteiger partial charge is 0.468 e. The summed E-state index contributed by atoms with van der Waals surface area (Å²) >= 11 is 0. The lowest BCUT2D eigenvalue weighted by molar-refractivity contribution is -0.274. The molecule has 3 N–H and O–H groups in total. The van der Waals surface area contributed by atoms with Gasteiger partial charge in [0.25, 0.3) is 0 Å². The van der Waals surface area contributed by atoms with Gasteiger partial charge in [-0.25, -0.2) is 9.98 Å². The number of nitrogens with one attached hydrogen (secondary N) is 1. The van der Waals surface area contributed by atoms with Crippen LogP contribution in [0.2, 0.25) is 0 Å². The third-order valence-corrected chi connectivity index (χ3v) is 3.02. The van der Waals surface area contributed by atoms with Gasteiger partial charge >= 0.3 is 12.5 Å². The zero-order valence-corrected chi connectivity index (χ0v) is 14.0. The molecule has 0 saturated heterocycles. The number of hydrogen-bond acceptors (Lipinski definition) is 4. The Kier molecular flexibility index (Phi) is 6.54. The van der Waals surface area contributed by atoms with Crippen molar-refractivity contribution >= 4 is 11.6 Å². The number of alkyl halides is 6. The Hall–Kier alpha value is -3.18. The number of ether oxygens (including phenoxy) is 2. The number of nitrogens with two attached hydrogens (primary N) is 1. The fourth-order valence-corrected chi connectivity index (χ4v) is 1.96. The van der Waals surface area contributed by atoms with E-state index < -0.39 is 24.9 Å². The van der Waals surface area contributed by atoms with Gasteiger partial charge in [-0.05, 0) is 18.2 Å². The van der Waals surface area contributed by atoms with E-state index in [1.54, 1.807) is 0 Å². The van der Waals surface area contributed by atoms with Crippen molar-refractivity contribution in [3.05, 3.63) is 48.2 Å². The highest BCUT2D eigenvalue weighted by atomic mass is 19.4. The van der Waals surface area contributed by atoms with Crippen molar-refractivity contribution in [2.45, 2.75) is 19.1 Å². The quantitative estimate of drug-likeness (QED) is 0.431. The molecule has 0 amide bonds. The van der Waals surface area contributed by atoms with Gasteiger partial charge in [-0.2, -0.15) is 13.2 Å². The van der Waals surface area contributed by atoms with Gasteiger partial charge < -0.3 is 20.5 Å². The summed E-state index contributed by atoms with van der Waals surface area (Å²) in [6.07, 6.45) is -8.20. The first kappa shape index (κ1) is 21.1. The van der Waals surface area contributed by atoms with Gasteiger partial charge in [0.1, 0.15) is 0 Å². The largest absolute Gasteiger partial charge is 0.573 e. The van der Waals surface area contributed by atoms with E-state index in [2.05, 4.69) is 24.8 Å². The predicted molar refractivity (Wildman–Crippen MR) is 87.9 cm³/mol. The maximum Gasteiger partial charge on any atom is 0.573 e. The van der Waals surface area contributed by atoms with Crippen molar-refractivity contribution in [2.75, 3.05) is 11.9 Å². The first-order valence-electron chi connectivity index (χ1n) is 7.59. The third-order valence-electron chi connectivity index (χ3n) is 3.02. The molecule has 2 rings (SSSR count). The fraction of sp³-hybridized carbons (Fsp3) is 0.250. The number of rotatable bonds is 6. The van der Waals surface area contributed by atoms with Gasteiger partial charge in [-0.15, -0.1) is 13.2 Å². The number of pyridine rings is 1. The number of nitrogens with zero attached hydrogens (tertiary/aromatic N) is 2. The Morgan fingerprint density at radius 2 is 1.79 bits per heavy atom. The number of aliphatic imine (C=N–C) groups is 1. The second-order valence-electron chi connectivity index (χ2n) is 5.24. The molecular formula is C16H14F6N4O2. The van der Waals surface area contributed by atoms with Crippen molar-refractivity contribution in [1.82, 2.24) is 4.98 Å². The molecule has 0 saturated carbocycles. The van der Waals surface area contributed by atoms with E-state index in [9.17, 15) is 26.3 Å². The Morgan fingerprint density at radius 3 is 2.46 bits per heavy atom. The molecule has 0 spiro atoms. The maximum atomic E-state index is 12.4. The highest BCUT2D eigenvalue weighted by Crippen LogP contribution is 2.29. The maximum absolute atomic E-state index is 12.4. The zero-order chi connectivity index (χ0) is 20.8. The second-order valence-corrected chi connectivity index (χ2v) is 5.24. The molecule has 1 aromatic heterocycles. The first-order chi connectivity index (χ1) is 13.0. The van der Waals surface area contributed by atoms with E-state index in [-0.39, 0.29) is 29.6 Å². The van der Waals surface area contributed by atoms with Gasteiger partial charge in [-0.3, -0.25) is 0 Å². The molecule has 0 bridgehead atoms.